The first-order chi connectivity index (χ1) is 10.0. The molecule has 0 saturated heterocycles. The van der Waals surface area contributed by atoms with E-state index in [9.17, 15) is 17.8 Å². The molecule has 0 unspecified atom stereocenters. The highest BCUT2D eigenvalue weighted by atomic mass is 32.2. The molecule has 0 bridgehead atoms. The van der Waals surface area contributed by atoms with Crippen LogP contribution in [0.3, 0.4) is 0 Å². The van der Waals surface area contributed by atoms with Crippen molar-refractivity contribution in [2.45, 2.75) is 4.90 Å². The predicted molar refractivity (Wildman–Crippen MR) is 81.2 cm³/mol. The average molecular weight is 308 g/mol. The Bertz CT molecular complexity index is 744. The zero-order valence-electron chi connectivity index (χ0n) is 11.2. The highest BCUT2D eigenvalue weighted by Crippen LogP contribution is 2.28. The SMILES string of the molecule is O=CCNCCNc1cccc2c(S(=O)(=O)O)cccc12. The van der Waals surface area contributed by atoms with Crippen molar-refractivity contribution < 1.29 is 17.8 Å². The van der Waals surface area contributed by atoms with Crippen molar-refractivity contribution in [3.05, 3.63) is 36.4 Å². The van der Waals surface area contributed by atoms with Crippen LogP contribution in [0.5, 0.6) is 0 Å². The third-order valence-corrected chi connectivity index (χ3v) is 3.92. The highest BCUT2D eigenvalue weighted by molar-refractivity contribution is 7.86. The van der Waals surface area contributed by atoms with Crippen molar-refractivity contribution in [1.82, 2.24) is 5.32 Å². The monoisotopic (exact) mass is 308 g/mol. The number of benzene rings is 2. The van der Waals surface area contributed by atoms with E-state index in [4.69, 9.17) is 0 Å². The second kappa shape index (κ2) is 6.66. The van der Waals surface area contributed by atoms with Gasteiger partial charge in [0.15, 0.2) is 0 Å². The fourth-order valence-electron chi connectivity index (χ4n) is 2.11. The summed E-state index contributed by atoms with van der Waals surface area (Å²) in [5, 5.41) is 7.27. The average Bonchev–Trinajstić information content (AvgIpc) is 2.45. The molecule has 0 aliphatic rings. The van der Waals surface area contributed by atoms with Crippen molar-refractivity contribution in [3.63, 3.8) is 0 Å². The van der Waals surface area contributed by atoms with Gasteiger partial charge < -0.3 is 15.4 Å². The molecule has 0 spiro atoms. The zero-order chi connectivity index (χ0) is 15.3. The first kappa shape index (κ1) is 15.4. The van der Waals surface area contributed by atoms with E-state index in [0.717, 1.165) is 12.0 Å². The number of hydrogen-bond donors (Lipinski definition) is 3. The van der Waals surface area contributed by atoms with Crippen molar-refractivity contribution in [2.24, 2.45) is 0 Å². The van der Waals surface area contributed by atoms with Crippen LogP contribution in [0.1, 0.15) is 0 Å². The number of carbonyl (C=O) groups is 1. The lowest BCUT2D eigenvalue weighted by Gasteiger charge is -2.11. The van der Waals surface area contributed by atoms with E-state index in [1.807, 2.05) is 6.07 Å². The van der Waals surface area contributed by atoms with Gasteiger partial charge in [-0.2, -0.15) is 8.42 Å². The zero-order valence-corrected chi connectivity index (χ0v) is 12.1. The topological polar surface area (TPSA) is 95.5 Å². The van der Waals surface area contributed by atoms with Crippen LogP contribution in [-0.4, -0.2) is 38.9 Å². The minimum Gasteiger partial charge on any atom is -0.383 e. The maximum atomic E-state index is 11.4. The maximum absolute atomic E-state index is 11.4. The summed E-state index contributed by atoms with van der Waals surface area (Å²) in [7, 11) is -4.26. The van der Waals surface area contributed by atoms with Gasteiger partial charge in [0.1, 0.15) is 11.2 Å². The van der Waals surface area contributed by atoms with Gasteiger partial charge in [0.2, 0.25) is 0 Å². The number of hydrogen-bond acceptors (Lipinski definition) is 5. The summed E-state index contributed by atoms with van der Waals surface area (Å²) in [4.78, 5) is 10.1. The molecular weight excluding hydrogens is 292 g/mol. The second-order valence-corrected chi connectivity index (χ2v) is 5.82. The number of fused-ring (bicyclic) bond motifs is 1. The van der Waals surface area contributed by atoms with E-state index < -0.39 is 10.1 Å². The Morgan fingerprint density at radius 1 is 1.05 bits per heavy atom. The molecule has 0 fully saturated rings. The Morgan fingerprint density at radius 3 is 2.48 bits per heavy atom. The quantitative estimate of drug-likeness (QED) is 0.405. The summed E-state index contributed by atoms with van der Waals surface area (Å²) in [5.41, 5.74) is 0.769. The van der Waals surface area contributed by atoms with Gasteiger partial charge in [-0.25, -0.2) is 0 Å². The fraction of sp³-hybridized carbons (Fsp3) is 0.214. The van der Waals surface area contributed by atoms with E-state index in [1.54, 1.807) is 24.3 Å². The first-order valence-corrected chi connectivity index (χ1v) is 7.85. The van der Waals surface area contributed by atoms with Gasteiger partial charge in [0.25, 0.3) is 10.1 Å². The van der Waals surface area contributed by atoms with Crippen molar-refractivity contribution >= 4 is 32.9 Å². The van der Waals surface area contributed by atoms with E-state index in [-0.39, 0.29) is 4.90 Å². The molecule has 3 N–H and O–H groups in total. The molecule has 0 radical (unpaired) electrons. The summed E-state index contributed by atoms with van der Waals surface area (Å²) in [6.07, 6.45) is 0.788. The molecule has 2 aromatic carbocycles. The van der Waals surface area contributed by atoms with E-state index in [0.29, 0.717) is 30.4 Å². The number of rotatable bonds is 7. The third-order valence-electron chi connectivity index (χ3n) is 3.00. The summed E-state index contributed by atoms with van der Waals surface area (Å²) in [6.45, 7) is 1.49. The van der Waals surface area contributed by atoms with Crippen LogP contribution in [0.15, 0.2) is 41.3 Å². The molecule has 0 saturated carbocycles. The van der Waals surface area contributed by atoms with Crippen LogP contribution < -0.4 is 10.6 Å². The molecule has 0 aromatic heterocycles. The molecule has 0 aliphatic heterocycles. The predicted octanol–water partition coefficient (Wildman–Crippen LogP) is 1.29. The lowest BCUT2D eigenvalue weighted by atomic mass is 10.1. The molecule has 2 aromatic rings. The largest absolute Gasteiger partial charge is 0.383 e. The smallest absolute Gasteiger partial charge is 0.295 e. The number of carbonyl (C=O) groups excluding carboxylic acids is 1. The minimum absolute atomic E-state index is 0.109. The Hall–Kier alpha value is -1.96. The Labute approximate surface area is 122 Å². The molecule has 21 heavy (non-hydrogen) atoms. The van der Waals surface area contributed by atoms with E-state index in [2.05, 4.69) is 10.6 Å². The molecule has 2 rings (SSSR count). The Balaban J connectivity index is 2.28. The first-order valence-electron chi connectivity index (χ1n) is 6.41. The van der Waals surface area contributed by atoms with Gasteiger partial charge in [-0.15, -0.1) is 0 Å². The number of aldehydes is 1. The molecule has 112 valence electrons. The standard InChI is InChI=1S/C14H16N2O4S/c17-10-9-15-7-8-16-13-5-1-4-12-11(13)3-2-6-14(12)21(18,19)20/h1-6,10,15-16H,7-9H2,(H,18,19,20). The van der Waals surface area contributed by atoms with Crippen LogP contribution in [0, 0.1) is 0 Å². The Kier molecular flexibility index (Phi) is 4.89. The molecule has 0 atom stereocenters. The van der Waals surface area contributed by atoms with Crippen LogP contribution in [-0.2, 0) is 14.9 Å². The molecule has 0 amide bonds. The van der Waals surface area contributed by atoms with Crippen molar-refractivity contribution in [1.29, 1.82) is 0 Å². The Morgan fingerprint density at radius 2 is 1.76 bits per heavy atom. The maximum Gasteiger partial charge on any atom is 0.295 e. The van der Waals surface area contributed by atoms with Crippen LogP contribution in [0.4, 0.5) is 5.69 Å². The fourth-order valence-corrected chi connectivity index (χ4v) is 2.81. The van der Waals surface area contributed by atoms with Gasteiger partial charge >= 0.3 is 0 Å². The van der Waals surface area contributed by atoms with Gasteiger partial charge in [-0.3, -0.25) is 4.55 Å². The molecular formula is C14H16N2O4S. The van der Waals surface area contributed by atoms with Crippen molar-refractivity contribution in [2.75, 3.05) is 25.0 Å². The lowest BCUT2D eigenvalue weighted by Crippen LogP contribution is -2.23. The molecule has 0 heterocycles. The second-order valence-electron chi connectivity index (χ2n) is 4.43. The van der Waals surface area contributed by atoms with Gasteiger partial charge in [-0.05, 0) is 12.1 Å². The third kappa shape index (κ3) is 3.78. The normalized spacial score (nSPS) is 11.5. The van der Waals surface area contributed by atoms with Crippen LogP contribution in [0.2, 0.25) is 0 Å². The van der Waals surface area contributed by atoms with Crippen LogP contribution in [0.25, 0.3) is 10.8 Å². The number of nitrogens with one attached hydrogen (secondary N) is 2. The van der Waals surface area contributed by atoms with E-state index in [1.165, 1.54) is 6.07 Å². The molecule has 6 nitrogen and oxygen atoms in total. The molecule has 0 aliphatic carbocycles. The summed E-state index contributed by atoms with van der Waals surface area (Å²) >= 11 is 0. The van der Waals surface area contributed by atoms with Crippen molar-refractivity contribution in [3.8, 4) is 0 Å². The summed E-state index contributed by atoms with van der Waals surface area (Å²) in [5.74, 6) is 0. The van der Waals surface area contributed by atoms with Gasteiger partial charge in [-0.1, -0.05) is 24.3 Å². The molecule has 7 heteroatoms. The summed E-state index contributed by atoms with van der Waals surface area (Å²) in [6, 6.07) is 9.93. The van der Waals surface area contributed by atoms with Gasteiger partial charge in [0.05, 0.1) is 6.54 Å². The minimum atomic E-state index is -4.26. The lowest BCUT2D eigenvalue weighted by molar-refractivity contribution is -0.107. The summed E-state index contributed by atoms with van der Waals surface area (Å²) < 4.78 is 32.0. The van der Waals surface area contributed by atoms with E-state index >= 15 is 0 Å². The number of anilines is 1. The highest BCUT2D eigenvalue weighted by Gasteiger charge is 2.14. The van der Waals surface area contributed by atoms with Crippen LogP contribution >= 0.6 is 0 Å². The van der Waals surface area contributed by atoms with Gasteiger partial charge in [0, 0.05) is 29.5 Å².